The second kappa shape index (κ2) is 7.07. The summed E-state index contributed by atoms with van der Waals surface area (Å²) >= 11 is 0. The van der Waals surface area contributed by atoms with Gasteiger partial charge < -0.3 is 10.0 Å². The fraction of sp³-hybridized carbons (Fsp3) is 0.190. The average molecular weight is 361 g/mol. The molecule has 136 valence electrons. The molecule has 2 aromatic heterocycles. The molecule has 6 nitrogen and oxygen atoms in total. The number of fused-ring (bicyclic) bond motifs is 1. The van der Waals surface area contributed by atoms with Crippen molar-refractivity contribution >= 4 is 23.0 Å². The van der Waals surface area contributed by atoms with E-state index in [1.807, 2.05) is 59.2 Å². The Hall–Kier alpha value is -3.41. The van der Waals surface area contributed by atoms with Crippen LogP contribution in [-0.2, 0) is 9.59 Å². The van der Waals surface area contributed by atoms with Crippen molar-refractivity contribution in [2.75, 3.05) is 13.1 Å². The highest BCUT2D eigenvalue weighted by molar-refractivity contribution is 6.01. The molecule has 6 heteroatoms. The van der Waals surface area contributed by atoms with E-state index in [9.17, 15) is 9.59 Å². The third kappa shape index (κ3) is 3.33. The number of carboxylic acids is 1. The highest BCUT2D eigenvalue weighted by atomic mass is 16.4. The Morgan fingerprint density at radius 1 is 1.11 bits per heavy atom. The fourth-order valence-electron chi connectivity index (χ4n) is 3.44. The molecule has 1 aliphatic heterocycles. The number of carbonyl (C=O) groups is 2. The lowest BCUT2D eigenvalue weighted by Crippen LogP contribution is -2.35. The third-order valence-electron chi connectivity index (χ3n) is 4.76. The lowest BCUT2D eigenvalue weighted by Gasteiger charge is -2.26. The molecule has 1 N–H and O–H groups in total. The van der Waals surface area contributed by atoms with Gasteiger partial charge in [0, 0.05) is 36.5 Å². The molecule has 0 bridgehead atoms. The summed E-state index contributed by atoms with van der Waals surface area (Å²) in [7, 11) is 0. The molecule has 0 saturated carbocycles. The van der Waals surface area contributed by atoms with Crippen LogP contribution in [0.25, 0.3) is 22.3 Å². The smallest absolute Gasteiger partial charge is 0.305 e. The molecule has 3 heterocycles. The van der Waals surface area contributed by atoms with Gasteiger partial charge in [-0.05, 0) is 24.1 Å². The number of rotatable bonds is 5. The summed E-state index contributed by atoms with van der Waals surface area (Å²) in [5, 5.41) is 13.6. The van der Waals surface area contributed by atoms with Crippen LogP contribution in [0.2, 0.25) is 0 Å². The number of carboxylic acid groups (broad SMARTS) is 1. The monoisotopic (exact) mass is 361 g/mol. The number of hydrogen-bond acceptors (Lipinski definition) is 3. The van der Waals surface area contributed by atoms with Crippen LogP contribution in [-0.4, -0.2) is 44.6 Å². The van der Waals surface area contributed by atoms with Gasteiger partial charge in [-0.1, -0.05) is 36.4 Å². The van der Waals surface area contributed by atoms with Crippen LogP contribution in [0, 0.1) is 0 Å². The van der Waals surface area contributed by atoms with E-state index in [-0.39, 0.29) is 18.9 Å². The molecule has 1 aliphatic rings. The molecule has 0 radical (unpaired) electrons. The van der Waals surface area contributed by atoms with Crippen molar-refractivity contribution in [3.05, 3.63) is 66.4 Å². The van der Waals surface area contributed by atoms with Crippen molar-refractivity contribution in [2.24, 2.45) is 0 Å². The zero-order chi connectivity index (χ0) is 18.8. The Morgan fingerprint density at radius 3 is 2.63 bits per heavy atom. The zero-order valence-corrected chi connectivity index (χ0v) is 14.7. The first-order valence-corrected chi connectivity index (χ1v) is 8.88. The van der Waals surface area contributed by atoms with Crippen LogP contribution in [0.3, 0.4) is 0 Å². The van der Waals surface area contributed by atoms with Crippen molar-refractivity contribution in [2.45, 2.75) is 12.8 Å². The summed E-state index contributed by atoms with van der Waals surface area (Å²) in [4.78, 5) is 24.9. The van der Waals surface area contributed by atoms with Crippen molar-refractivity contribution in [3.63, 3.8) is 0 Å². The van der Waals surface area contributed by atoms with Crippen molar-refractivity contribution in [1.29, 1.82) is 0 Å². The summed E-state index contributed by atoms with van der Waals surface area (Å²) < 4.78 is 1.83. The molecular weight excluding hydrogens is 342 g/mol. The van der Waals surface area contributed by atoms with Crippen LogP contribution in [0.1, 0.15) is 18.4 Å². The quantitative estimate of drug-likeness (QED) is 0.758. The normalized spacial score (nSPS) is 14.4. The van der Waals surface area contributed by atoms with Crippen LogP contribution in [0.5, 0.6) is 0 Å². The van der Waals surface area contributed by atoms with Crippen LogP contribution >= 0.6 is 0 Å². The number of amides is 1. The van der Waals surface area contributed by atoms with Gasteiger partial charge in [0.2, 0.25) is 5.91 Å². The molecule has 1 aromatic carbocycles. The highest BCUT2D eigenvalue weighted by Crippen LogP contribution is 2.35. The lowest BCUT2D eigenvalue weighted by atomic mass is 9.95. The average Bonchev–Trinajstić information content (AvgIpc) is 3.07. The van der Waals surface area contributed by atoms with Crippen LogP contribution in [0.15, 0.2) is 60.8 Å². The maximum atomic E-state index is 12.5. The van der Waals surface area contributed by atoms with E-state index in [4.69, 9.17) is 10.2 Å². The predicted molar refractivity (Wildman–Crippen MR) is 102 cm³/mol. The maximum absolute atomic E-state index is 12.5. The van der Waals surface area contributed by atoms with Gasteiger partial charge in [-0.15, -0.1) is 0 Å². The molecule has 27 heavy (non-hydrogen) atoms. The summed E-state index contributed by atoms with van der Waals surface area (Å²) in [6.45, 7) is 0.745. The molecule has 0 atom stereocenters. The molecule has 0 saturated heterocycles. The van der Waals surface area contributed by atoms with E-state index < -0.39 is 5.97 Å². The fourth-order valence-corrected chi connectivity index (χ4v) is 3.44. The van der Waals surface area contributed by atoms with Gasteiger partial charge in [0.15, 0.2) is 0 Å². The standard InChI is InChI=1S/C21H19N3O3/c25-18-14-16(9-12-23(18)13-10-19(26)27)20-17-8-4-5-11-24(17)22-21(20)15-6-2-1-3-7-15/h1-8,11,14H,9-10,12-13H2,(H,26,27). The topological polar surface area (TPSA) is 74.9 Å². The minimum absolute atomic E-state index is 0.0408. The minimum atomic E-state index is -0.897. The Labute approximate surface area is 156 Å². The number of carbonyl (C=O) groups excluding carboxylic acids is 1. The number of hydrogen-bond donors (Lipinski definition) is 1. The lowest BCUT2D eigenvalue weighted by molar-refractivity contribution is -0.138. The van der Waals surface area contributed by atoms with Gasteiger partial charge >= 0.3 is 5.97 Å². The Kier molecular flexibility index (Phi) is 4.46. The van der Waals surface area contributed by atoms with E-state index in [1.54, 1.807) is 11.0 Å². The Morgan fingerprint density at radius 2 is 1.89 bits per heavy atom. The number of nitrogens with zero attached hydrogens (tertiary/aromatic N) is 3. The zero-order valence-electron chi connectivity index (χ0n) is 14.7. The van der Waals surface area contributed by atoms with E-state index in [2.05, 4.69) is 0 Å². The maximum Gasteiger partial charge on any atom is 0.305 e. The van der Waals surface area contributed by atoms with Gasteiger partial charge in [0.25, 0.3) is 0 Å². The van der Waals surface area contributed by atoms with Crippen molar-refractivity contribution < 1.29 is 14.7 Å². The van der Waals surface area contributed by atoms with Crippen LogP contribution < -0.4 is 0 Å². The molecule has 0 fully saturated rings. The van der Waals surface area contributed by atoms with Crippen molar-refractivity contribution in [3.8, 4) is 11.3 Å². The molecule has 0 spiro atoms. The Balaban J connectivity index is 1.76. The molecule has 0 unspecified atom stereocenters. The molecule has 0 aliphatic carbocycles. The molecular formula is C21H19N3O3. The summed E-state index contributed by atoms with van der Waals surface area (Å²) in [6.07, 6.45) is 4.15. The second-order valence-corrected chi connectivity index (χ2v) is 6.51. The van der Waals surface area contributed by atoms with E-state index in [0.29, 0.717) is 13.0 Å². The summed E-state index contributed by atoms with van der Waals surface area (Å²) in [5.41, 5.74) is 4.70. The van der Waals surface area contributed by atoms with Crippen molar-refractivity contribution in [1.82, 2.24) is 14.5 Å². The summed E-state index contributed by atoms with van der Waals surface area (Å²) in [6, 6.07) is 15.8. The van der Waals surface area contributed by atoms with E-state index in [0.717, 1.165) is 27.9 Å². The number of aliphatic carboxylic acids is 1. The molecule has 4 rings (SSSR count). The largest absolute Gasteiger partial charge is 0.481 e. The van der Waals surface area contributed by atoms with E-state index in [1.165, 1.54) is 0 Å². The minimum Gasteiger partial charge on any atom is -0.481 e. The number of pyridine rings is 1. The molecule has 1 amide bonds. The Bertz CT molecular complexity index is 1040. The van der Waals surface area contributed by atoms with Gasteiger partial charge in [-0.25, -0.2) is 4.52 Å². The van der Waals surface area contributed by atoms with Gasteiger partial charge in [-0.2, -0.15) is 5.10 Å². The van der Waals surface area contributed by atoms with Gasteiger partial charge in [0.05, 0.1) is 11.9 Å². The van der Waals surface area contributed by atoms with Gasteiger partial charge in [-0.3, -0.25) is 9.59 Å². The first kappa shape index (κ1) is 17.0. The second-order valence-electron chi connectivity index (χ2n) is 6.51. The predicted octanol–water partition coefficient (Wildman–Crippen LogP) is 3.09. The van der Waals surface area contributed by atoms with E-state index >= 15 is 0 Å². The highest BCUT2D eigenvalue weighted by Gasteiger charge is 2.24. The SMILES string of the molecule is O=C(O)CCN1CCC(c2c(-c3ccccc3)nn3ccccc23)=CC1=O. The molecule has 3 aromatic rings. The van der Waals surface area contributed by atoms with Gasteiger partial charge in [0.1, 0.15) is 5.69 Å². The first-order valence-electron chi connectivity index (χ1n) is 8.88. The van der Waals surface area contributed by atoms with Crippen LogP contribution in [0.4, 0.5) is 0 Å². The summed E-state index contributed by atoms with van der Waals surface area (Å²) in [5.74, 6) is -1.04. The number of aromatic nitrogens is 2. The third-order valence-corrected chi connectivity index (χ3v) is 4.76. The first-order chi connectivity index (χ1) is 13.1. The number of benzene rings is 1.